The summed E-state index contributed by atoms with van der Waals surface area (Å²) in [6, 6.07) is 17.2. The molecule has 1 fully saturated rings. The minimum atomic E-state index is -0.885. The van der Waals surface area contributed by atoms with Gasteiger partial charge in [-0.15, -0.1) is 0 Å². The Kier molecular flexibility index (Phi) is 7.15. The van der Waals surface area contributed by atoms with Crippen LogP contribution in [0.25, 0.3) is 11.5 Å². The van der Waals surface area contributed by atoms with Crippen LogP contribution in [0.3, 0.4) is 0 Å². The molecule has 0 saturated carbocycles. The van der Waals surface area contributed by atoms with Crippen LogP contribution >= 0.6 is 0 Å². The van der Waals surface area contributed by atoms with Gasteiger partial charge >= 0.3 is 12.1 Å². The van der Waals surface area contributed by atoms with Crippen LogP contribution in [0.15, 0.2) is 59.0 Å². The lowest BCUT2D eigenvalue weighted by atomic mass is 9.87. The third-order valence-electron chi connectivity index (χ3n) is 5.98. The standard InChI is InChI=1S/C26H28N2O6/c1-3-32-26(31)28-14-20(13-24(29)30)22(15-28)19-10-7-11-21(12-19)33-16-23-17(2)34-25(27-23)18-8-5-4-6-9-18/h4-12,20,22H,3,13-16H2,1-2H3,(H,29,30)/t20-,22-/m0/s1. The van der Waals surface area contributed by atoms with Crippen LogP contribution in [-0.2, 0) is 16.1 Å². The zero-order chi connectivity index (χ0) is 24.1. The number of rotatable bonds is 8. The number of carboxylic acid groups (broad SMARTS) is 1. The van der Waals surface area contributed by atoms with E-state index in [1.54, 1.807) is 11.8 Å². The van der Waals surface area contributed by atoms with Crippen molar-refractivity contribution in [2.24, 2.45) is 5.92 Å². The summed E-state index contributed by atoms with van der Waals surface area (Å²) in [5, 5.41) is 9.37. The molecular formula is C26H28N2O6. The SMILES string of the molecule is CCOC(=O)N1C[C@H](CC(=O)O)[C@H](c2cccc(OCc3nc(-c4ccccc4)oc3C)c2)C1. The van der Waals surface area contributed by atoms with Gasteiger partial charge in [-0.25, -0.2) is 9.78 Å². The first-order valence-electron chi connectivity index (χ1n) is 11.3. The fourth-order valence-corrected chi connectivity index (χ4v) is 4.30. The van der Waals surface area contributed by atoms with E-state index >= 15 is 0 Å². The highest BCUT2D eigenvalue weighted by Crippen LogP contribution is 2.36. The second-order valence-electron chi connectivity index (χ2n) is 8.32. The summed E-state index contributed by atoms with van der Waals surface area (Å²) < 4.78 is 16.9. The van der Waals surface area contributed by atoms with E-state index in [1.165, 1.54) is 0 Å². The van der Waals surface area contributed by atoms with Crippen LogP contribution in [0.4, 0.5) is 4.79 Å². The van der Waals surface area contributed by atoms with Crippen molar-refractivity contribution in [3.05, 3.63) is 71.6 Å². The van der Waals surface area contributed by atoms with E-state index < -0.39 is 12.1 Å². The van der Waals surface area contributed by atoms with Gasteiger partial charge in [0.25, 0.3) is 0 Å². The summed E-state index contributed by atoms with van der Waals surface area (Å²) in [4.78, 5) is 29.8. The van der Waals surface area contributed by atoms with Gasteiger partial charge in [-0.05, 0) is 49.6 Å². The molecule has 2 aromatic carbocycles. The van der Waals surface area contributed by atoms with Gasteiger partial charge < -0.3 is 23.9 Å². The van der Waals surface area contributed by atoms with E-state index in [0.29, 0.717) is 36.2 Å². The molecular weight excluding hydrogens is 436 g/mol. The lowest BCUT2D eigenvalue weighted by Crippen LogP contribution is -2.29. The van der Waals surface area contributed by atoms with Crippen LogP contribution in [0.5, 0.6) is 5.75 Å². The second-order valence-corrected chi connectivity index (χ2v) is 8.32. The van der Waals surface area contributed by atoms with Crippen LogP contribution in [-0.4, -0.2) is 46.7 Å². The van der Waals surface area contributed by atoms with E-state index in [0.717, 1.165) is 11.1 Å². The topological polar surface area (TPSA) is 102 Å². The van der Waals surface area contributed by atoms with E-state index in [4.69, 9.17) is 13.9 Å². The Balaban J connectivity index is 1.47. The number of amides is 1. The summed E-state index contributed by atoms with van der Waals surface area (Å²) in [5.74, 6) is 0.670. The van der Waals surface area contributed by atoms with Gasteiger partial charge in [0, 0.05) is 24.6 Å². The molecule has 1 aliphatic rings. The number of aromatic nitrogens is 1. The first-order valence-corrected chi connectivity index (χ1v) is 11.3. The molecule has 178 valence electrons. The lowest BCUT2D eigenvalue weighted by molar-refractivity contribution is -0.138. The van der Waals surface area contributed by atoms with Crippen LogP contribution < -0.4 is 4.74 Å². The van der Waals surface area contributed by atoms with Crippen molar-refractivity contribution < 1.29 is 28.6 Å². The van der Waals surface area contributed by atoms with Gasteiger partial charge in [0.2, 0.25) is 5.89 Å². The Hall–Kier alpha value is -3.81. The molecule has 0 radical (unpaired) electrons. The van der Waals surface area contributed by atoms with Crippen molar-refractivity contribution in [2.45, 2.75) is 32.8 Å². The van der Waals surface area contributed by atoms with Gasteiger partial charge in [0.1, 0.15) is 23.8 Å². The normalized spacial score (nSPS) is 17.5. The molecule has 0 spiro atoms. The minimum absolute atomic E-state index is 0.0218. The zero-order valence-electron chi connectivity index (χ0n) is 19.3. The Morgan fingerprint density at radius 1 is 1.15 bits per heavy atom. The number of carbonyl (C=O) groups is 2. The monoisotopic (exact) mass is 464 g/mol. The maximum atomic E-state index is 12.2. The molecule has 0 unspecified atom stereocenters. The number of ether oxygens (including phenoxy) is 2. The number of oxazole rings is 1. The molecule has 2 atom stereocenters. The third-order valence-corrected chi connectivity index (χ3v) is 5.98. The summed E-state index contributed by atoms with van der Waals surface area (Å²) in [7, 11) is 0. The number of hydrogen-bond acceptors (Lipinski definition) is 6. The molecule has 0 bridgehead atoms. The van der Waals surface area contributed by atoms with Gasteiger partial charge in [-0.1, -0.05) is 30.3 Å². The lowest BCUT2D eigenvalue weighted by Gasteiger charge is -2.18. The predicted molar refractivity (Wildman–Crippen MR) is 125 cm³/mol. The van der Waals surface area contributed by atoms with Crippen LogP contribution in [0.2, 0.25) is 0 Å². The molecule has 1 N–H and O–H groups in total. The molecule has 34 heavy (non-hydrogen) atoms. The highest BCUT2D eigenvalue weighted by molar-refractivity contribution is 5.70. The largest absolute Gasteiger partial charge is 0.487 e. The quantitative estimate of drug-likeness (QED) is 0.507. The van der Waals surface area contributed by atoms with Crippen molar-refractivity contribution >= 4 is 12.1 Å². The fourth-order valence-electron chi connectivity index (χ4n) is 4.30. The van der Waals surface area contributed by atoms with E-state index in [1.807, 2.05) is 61.5 Å². The predicted octanol–water partition coefficient (Wildman–Crippen LogP) is 4.88. The number of hydrogen-bond donors (Lipinski definition) is 1. The maximum Gasteiger partial charge on any atom is 0.409 e. The number of carboxylic acids is 1. The summed E-state index contributed by atoms with van der Waals surface area (Å²) in [6.07, 6.45) is -0.435. The fraction of sp³-hybridized carbons (Fsp3) is 0.346. The third kappa shape index (κ3) is 5.39. The van der Waals surface area contributed by atoms with Crippen molar-refractivity contribution in [2.75, 3.05) is 19.7 Å². The zero-order valence-corrected chi connectivity index (χ0v) is 19.3. The molecule has 8 heteroatoms. The Bertz CT molecular complexity index is 1140. The van der Waals surface area contributed by atoms with Crippen molar-refractivity contribution in [3.8, 4) is 17.2 Å². The number of aliphatic carboxylic acids is 1. The highest BCUT2D eigenvalue weighted by Gasteiger charge is 2.38. The average Bonchev–Trinajstić information content (AvgIpc) is 3.42. The number of aryl methyl sites for hydroxylation is 1. The van der Waals surface area contributed by atoms with Gasteiger partial charge in [0.05, 0.1) is 13.0 Å². The van der Waals surface area contributed by atoms with E-state index in [2.05, 4.69) is 4.98 Å². The summed E-state index contributed by atoms with van der Waals surface area (Å²) in [5.41, 5.74) is 2.54. The Morgan fingerprint density at radius 3 is 2.68 bits per heavy atom. The molecule has 1 aliphatic heterocycles. The molecule has 1 aromatic heterocycles. The van der Waals surface area contributed by atoms with Gasteiger partial charge in [-0.2, -0.15) is 0 Å². The van der Waals surface area contributed by atoms with E-state index in [9.17, 15) is 14.7 Å². The second kappa shape index (κ2) is 10.4. The molecule has 1 amide bonds. The highest BCUT2D eigenvalue weighted by atomic mass is 16.6. The first-order chi connectivity index (χ1) is 16.4. The van der Waals surface area contributed by atoms with Gasteiger partial charge in [-0.3, -0.25) is 4.79 Å². The molecule has 0 aliphatic carbocycles. The Labute approximate surface area is 198 Å². The smallest absolute Gasteiger partial charge is 0.409 e. The molecule has 1 saturated heterocycles. The van der Waals surface area contributed by atoms with Crippen LogP contribution in [0.1, 0.15) is 36.3 Å². The van der Waals surface area contributed by atoms with Crippen molar-refractivity contribution in [3.63, 3.8) is 0 Å². The minimum Gasteiger partial charge on any atom is -0.487 e. The maximum absolute atomic E-state index is 12.2. The van der Waals surface area contributed by atoms with Crippen LogP contribution in [0, 0.1) is 12.8 Å². The molecule has 4 rings (SSSR count). The van der Waals surface area contributed by atoms with Crippen molar-refractivity contribution in [1.82, 2.24) is 9.88 Å². The van der Waals surface area contributed by atoms with Gasteiger partial charge in [0.15, 0.2) is 0 Å². The number of nitrogens with zero attached hydrogens (tertiary/aromatic N) is 2. The molecule has 3 aromatic rings. The number of carbonyl (C=O) groups excluding carboxylic acids is 1. The first kappa shape index (κ1) is 23.4. The Morgan fingerprint density at radius 2 is 1.94 bits per heavy atom. The van der Waals surface area contributed by atoms with Crippen molar-refractivity contribution in [1.29, 1.82) is 0 Å². The van der Waals surface area contributed by atoms with E-state index in [-0.39, 0.29) is 31.5 Å². The molecule has 8 nitrogen and oxygen atoms in total. The average molecular weight is 465 g/mol. The number of likely N-dealkylation sites (tertiary alicyclic amines) is 1. The number of benzene rings is 2. The summed E-state index contributed by atoms with van der Waals surface area (Å²) in [6.45, 7) is 4.88. The molecule has 2 heterocycles. The summed E-state index contributed by atoms with van der Waals surface area (Å²) >= 11 is 0.